The minimum Gasteiger partial charge on any atom is -0.329 e. The summed E-state index contributed by atoms with van der Waals surface area (Å²) < 4.78 is 0. The summed E-state index contributed by atoms with van der Waals surface area (Å²) in [5.41, 5.74) is 6.33. The Labute approximate surface area is 92.6 Å². The molecular formula is C12H23N3. The normalized spacial score (nSPS) is 36.2. The van der Waals surface area contributed by atoms with Gasteiger partial charge in [0, 0.05) is 31.2 Å². The molecule has 0 radical (unpaired) electrons. The molecule has 3 aliphatic rings. The van der Waals surface area contributed by atoms with Crippen LogP contribution in [0.4, 0.5) is 0 Å². The van der Waals surface area contributed by atoms with E-state index < -0.39 is 0 Å². The smallest absolute Gasteiger partial charge is 0.0333 e. The van der Waals surface area contributed by atoms with Gasteiger partial charge in [0.2, 0.25) is 0 Å². The first-order chi connectivity index (χ1) is 7.34. The number of nitrogens with zero attached hydrogens (tertiary/aromatic N) is 2. The Morgan fingerprint density at radius 3 is 2.47 bits per heavy atom. The lowest BCUT2D eigenvalue weighted by Gasteiger charge is -2.28. The Morgan fingerprint density at radius 2 is 1.87 bits per heavy atom. The summed E-state index contributed by atoms with van der Waals surface area (Å²) in [5.74, 6) is 0. The van der Waals surface area contributed by atoms with Crippen molar-refractivity contribution in [3.05, 3.63) is 0 Å². The van der Waals surface area contributed by atoms with Gasteiger partial charge >= 0.3 is 0 Å². The highest BCUT2D eigenvalue weighted by Gasteiger charge is 2.49. The van der Waals surface area contributed by atoms with Crippen LogP contribution in [0.2, 0.25) is 0 Å². The van der Waals surface area contributed by atoms with E-state index in [9.17, 15) is 0 Å². The monoisotopic (exact) mass is 209 g/mol. The van der Waals surface area contributed by atoms with Gasteiger partial charge in [-0.15, -0.1) is 0 Å². The van der Waals surface area contributed by atoms with Crippen LogP contribution in [0.3, 0.4) is 0 Å². The van der Waals surface area contributed by atoms with Crippen molar-refractivity contribution in [2.75, 3.05) is 32.7 Å². The molecule has 0 amide bonds. The lowest BCUT2D eigenvalue weighted by molar-refractivity contribution is 0.189. The van der Waals surface area contributed by atoms with Crippen LogP contribution in [0.5, 0.6) is 0 Å². The van der Waals surface area contributed by atoms with E-state index in [0.29, 0.717) is 5.54 Å². The molecule has 0 bridgehead atoms. The largest absolute Gasteiger partial charge is 0.329 e. The molecule has 1 atom stereocenters. The maximum atomic E-state index is 5.89. The first-order valence-corrected chi connectivity index (χ1v) is 6.53. The zero-order chi connectivity index (χ0) is 10.3. The molecule has 2 N–H and O–H groups in total. The highest BCUT2D eigenvalue weighted by Crippen LogP contribution is 2.43. The Bertz CT molecular complexity index is 231. The summed E-state index contributed by atoms with van der Waals surface area (Å²) in [6.45, 7) is 6.14. The van der Waals surface area contributed by atoms with Crippen LogP contribution in [-0.2, 0) is 0 Å². The van der Waals surface area contributed by atoms with Crippen molar-refractivity contribution in [1.82, 2.24) is 9.80 Å². The molecular weight excluding hydrogens is 186 g/mol. The third-order valence-corrected chi connectivity index (χ3v) is 4.70. The van der Waals surface area contributed by atoms with Gasteiger partial charge in [-0.05, 0) is 45.2 Å². The third-order valence-electron chi connectivity index (χ3n) is 4.70. The van der Waals surface area contributed by atoms with Gasteiger partial charge in [-0.25, -0.2) is 0 Å². The SMILES string of the molecule is NCC1(N2CCC(N3CCCC3)C2)CC1. The van der Waals surface area contributed by atoms with E-state index >= 15 is 0 Å². The first-order valence-electron chi connectivity index (χ1n) is 6.53. The summed E-state index contributed by atoms with van der Waals surface area (Å²) >= 11 is 0. The minimum atomic E-state index is 0.439. The van der Waals surface area contributed by atoms with Crippen molar-refractivity contribution >= 4 is 0 Å². The average molecular weight is 209 g/mol. The van der Waals surface area contributed by atoms with Crippen molar-refractivity contribution in [2.45, 2.75) is 43.7 Å². The maximum Gasteiger partial charge on any atom is 0.0333 e. The lowest BCUT2D eigenvalue weighted by atomic mass is 10.2. The molecule has 3 nitrogen and oxygen atoms in total. The topological polar surface area (TPSA) is 32.5 Å². The molecule has 0 aromatic heterocycles. The fraction of sp³-hybridized carbons (Fsp3) is 1.00. The van der Waals surface area contributed by atoms with Gasteiger partial charge in [0.1, 0.15) is 0 Å². The molecule has 0 spiro atoms. The fourth-order valence-electron chi connectivity index (χ4n) is 3.37. The van der Waals surface area contributed by atoms with Crippen LogP contribution in [0.15, 0.2) is 0 Å². The Morgan fingerprint density at radius 1 is 1.13 bits per heavy atom. The predicted molar refractivity (Wildman–Crippen MR) is 61.8 cm³/mol. The summed E-state index contributed by atoms with van der Waals surface area (Å²) in [6.07, 6.45) is 6.89. The van der Waals surface area contributed by atoms with Crippen molar-refractivity contribution in [3.8, 4) is 0 Å². The van der Waals surface area contributed by atoms with Crippen LogP contribution in [-0.4, -0.2) is 54.1 Å². The zero-order valence-corrected chi connectivity index (χ0v) is 9.62. The second kappa shape index (κ2) is 3.72. The maximum absolute atomic E-state index is 5.89. The van der Waals surface area contributed by atoms with E-state index in [1.807, 2.05) is 0 Å². The van der Waals surface area contributed by atoms with Crippen molar-refractivity contribution in [1.29, 1.82) is 0 Å². The number of hydrogen-bond donors (Lipinski definition) is 1. The number of nitrogens with two attached hydrogens (primary N) is 1. The minimum absolute atomic E-state index is 0.439. The Balaban J connectivity index is 1.58. The second-order valence-electron chi connectivity index (χ2n) is 5.56. The summed E-state index contributed by atoms with van der Waals surface area (Å²) in [5, 5.41) is 0. The van der Waals surface area contributed by atoms with Crippen molar-refractivity contribution in [3.63, 3.8) is 0 Å². The summed E-state index contributed by atoms with van der Waals surface area (Å²) in [7, 11) is 0. The van der Waals surface area contributed by atoms with Crippen LogP contribution in [0.25, 0.3) is 0 Å². The van der Waals surface area contributed by atoms with Gasteiger partial charge < -0.3 is 5.73 Å². The van der Waals surface area contributed by atoms with Gasteiger partial charge in [-0.2, -0.15) is 0 Å². The average Bonchev–Trinajstić information content (AvgIpc) is 2.74. The molecule has 1 saturated carbocycles. The number of rotatable bonds is 3. The van der Waals surface area contributed by atoms with E-state index in [2.05, 4.69) is 9.80 Å². The molecule has 2 aliphatic heterocycles. The number of hydrogen-bond acceptors (Lipinski definition) is 3. The molecule has 2 heterocycles. The molecule has 2 saturated heterocycles. The van der Waals surface area contributed by atoms with Gasteiger partial charge in [-0.1, -0.05) is 0 Å². The van der Waals surface area contributed by atoms with E-state index in [4.69, 9.17) is 5.73 Å². The van der Waals surface area contributed by atoms with Crippen molar-refractivity contribution < 1.29 is 0 Å². The van der Waals surface area contributed by atoms with Crippen molar-refractivity contribution in [2.24, 2.45) is 5.73 Å². The van der Waals surface area contributed by atoms with E-state index in [1.165, 1.54) is 58.3 Å². The third kappa shape index (κ3) is 1.71. The number of likely N-dealkylation sites (tertiary alicyclic amines) is 2. The van der Waals surface area contributed by atoms with E-state index in [-0.39, 0.29) is 0 Å². The van der Waals surface area contributed by atoms with E-state index in [1.54, 1.807) is 0 Å². The Kier molecular flexibility index (Phi) is 2.49. The zero-order valence-electron chi connectivity index (χ0n) is 9.62. The van der Waals surface area contributed by atoms with E-state index in [0.717, 1.165) is 12.6 Å². The second-order valence-corrected chi connectivity index (χ2v) is 5.56. The quantitative estimate of drug-likeness (QED) is 0.740. The molecule has 0 aromatic rings. The molecule has 3 rings (SSSR count). The molecule has 0 aromatic carbocycles. The van der Waals surface area contributed by atoms with Crippen LogP contribution < -0.4 is 5.73 Å². The first kappa shape index (κ1) is 10.1. The lowest BCUT2D eigenvalue weighted by Crippen LogP contribution is -2.43. The molecule has 3 fully saturated rings. The predicted octanol–water partition coefficient (Wildman–Crippen LogP) is 0.648. The summed E-state index contributed by atoms with van der Waals surface area (Å²) in [6, 6.07) is 0.844. The van der Waals surface area contributed by atoms with Crippen LogP contribution in [0.1, 0.15) is 32.1 Å². The fourth-order valence-corrected chi connectivity index (χ4v) is 3.37. The summed E-state index contributed by atoms with van der Waals surface area (Å²) in [4.78, 5) is 5.38. The van der Waals surface area contributed by atoms with Crippen LogP contribution >= 0.6 is 0 Å². The van der Waals surface area contributed by atoms with Gasteiger partial charge in [0.15, 0.2) is 0 Å². The molecule has 1 aliphatic carbocycles. The van der Waals surface area contributed by atoms with Gasteiger partial charge in [-0.3, -0.25) is 9.80 Å². The molecule has 86 valence electrons. The highest BCUT2D eigenvalue weighted by molar-refractivity contribution is 5.07. The molecule has 3 heteroatoms. The van der Waals surface area contributed by atoms with Gasteiger partial charge in [0.25, 0.3) is 0 Å². The molecule has 15 heavy (non-hydrogen) atoms. The Hall–Kier alpha value is -0.120. The molecule has 1 unspecified atom stereocenters. The highest BCUT2D eigenvalue weighted by atomic mass is 15.3. The van der Waals surface area contributed by atoms with Crippen LogP contribution in [0, 0.1) is 0 Å². The standard InChI is InChI=1S/C12H23N3/c13-10-12(4-5-12)15-8-3-11(9-15)14-6-1-2-7-14/h11H,1-10,13H2. The van der Waals surface area contributed by atoms with Gasteiger partial charge in [0.05, 0.1) is 0 Å².